The maximum atomic E-state index is 13.3. The molecule has 1 aromatic rings. The minimum absolute atomic E-state index is 0.519. The minimum Gasteiger partial charge on any atom is -0.326 e. The normalized spacial score (nSPS) is 13.7. The molecule has 1 rings (SSSR count). The molecule has 0 radical (unpaired) electrons. The Morgan fingerprint density at radius 2 is 1.27 bits per heavy atom. The quantitative estimate of drug-likeness (QED) is 0.219. The van der Waals surface area contributed by atoms with Gasteiger partial charge in [0.1, 0.15) is 0 Å². The van der Waals surface area contributed by atoms with Crippen LogP contribution in [0.2, 0.25) is 0 Å². The summed E-state index contributed by atoms with van der Waals surface area (Å²) < 4.78 is 19.0. The Bertz CT molecular complexity index is 495. The van der Waals surface area contributed by atoms with Crippen molar-refractivity contribution in [3.63, 3.8) is 0 Å². The summed E-state index contributed by atoms with van der Waals surface area (Å²) in [5.41, 5.74) is 1.36. The predicted octanol–water partition coefficient (Wildman–Crippen LogP) is 7.50. The van der Waals surface area contributed by atoms with Gasteiger partial charge in [0.15, 0.2) is 0 Å². The van der Waals surface area contributed by atoms with Gasteiger partial charge in [0, 0.05) is 11.5 Å². The van der Waals surface area contributed by atoms with Crippen molar-refractivity contribution < 1.29 is 9.09 Å². The Labute approximate surface area is 162 Å². The fourth-order valence-corrected chi connectivity index (χ4v) is 5.60. The van der Waals surface area contributed by atoms with Crippen molar-refractivity contribution in [3.05, 3.63) is 29.8 Å². The Morgan fingerprint density at radius 1 is 0.731 bits per heavy atom. The van der Waals surface area contributed by atoms with Gasteiger partial charge in [-0.25, -0.2) is 0 Å². The van der Waals surface area contributed by atoms with Crippen LogP contribution in [0.25, 0.3) is 0 Å². The van der Waals surface area contributed by atoms with Crippen molar-refractivity contribution in [1.29, 1.82) is 0 Å². The van der Waals surface area contributed by atoms with Crippen molar-refractivity contribution in [2.45, 2.75) is 97.8 Å². The average molecular weight is 381 g/mol. The zero-order chi connectivity index (χ0) is 19.1. The fourth-order valence-electron chi connectivity index (χ4n) is 3.40. The maximum absolute atomic E-state index is 13.3. The smallest absolute Gasteiger partial charge is 0.232 e. The van der Waals surface area contributed by atoms with Gasteiger partial charge in [-0.1, -0.05) is 83.8 Å². The molecular weight excluding hydrogens is 339 g/mol. The van der Waals surface area contributed by atoms with E-state index in [1.54, 1.807) is 0 Å². The molecule has 3 heteroatoms. The van der Waals surface area contributed by atoms with E-state index < -0.39 is 7.37 Å². The number of benzene rings is 1. The van der Waals surface area contributed by atoms with E-state index in [4.69, 9.17) is 4.52 Å². The number of hydrogen-bond acceptors (Lipinski definition) is 2. The Morgan fingerprint density at radius 3 is 1.85 bits per heavy atom. The third kappa shape index (κ3) is 9.38. The molecule has 0 aliphatic rings. The summed E-state index contributed by atoms with van der Waals surface area (Å²) >= 11 is 0. The molecule has 0 fully saturated rings. The monoisotopic (exact) mass is 380 g/mol. The van der Waals surface area contributed by atoms with Gasteiger partial charge >= 0.3 is 0 Å². The lowest BCUT2D eigenvalue weighted by atomic mass is 10.0. The second kappa shape index (κ2) is 14.5. The number of unbranched alkanes of at least 4 members (excludes halogenated alkanes) is 9. The van der Waals surface area contributed by atoms with Crippen LogP contribution in [0.5, 0.6) is 0 Å². The molecule has 0 saturated heterocycles. The molecule has 2 nitrogen and oxygen atoms in total. The second-order valence-corrected chi connectivity index (χ2v) is 9.98. The van der Waals surface area contributed by atoms with E-state index in [1.807, 2.05) is 19.1 Å². The molecule has 0 spiro atoms. The molecule has 0 N–H and O–H groups in total. The summed E-state index contributed by atoms with van der Waals surface area (Å²) in [7, 11) is -2.68. The lowest BCUT2D eigenvalue weighted by molar-refractivity contribution is 0.339. The molecule has 26 heavy (non-hydrogen) atoms. The third-order valence-corrected chi connectivity index (χ3v) is 7.71. The van der Waals surface area contributed by atoms with E-state index in [2.05, 4.69) is 26.0 Å². The lowest BCUT2D eigenvalue weighted by Crippen LogP contribution is -2.11. The first-order valence-corrected chi connectivity index (χ1v) is 12.8. The summed E-state index contributed by atoms with van der Waals surface area (Å²) in [5.74, 6) is 0. The van der Waals surface area contributed by atoms with Gasteiger partial charge in [-0.15, -0.1) is 0 Å². The van der Waals surface area contributed by atoms with Gasteiger partial charge in [-0.05, 0) is 43.9 Å². The van der Waals surface area contributed by atoms with E-state index in [0.29, 0.717) is 12.8 Å². The first kappa shape index (κ1) is 23.4. The van der Waals surface area contributed by atoms with E-state index in [0.717, 1.165) is 24.6 Å². The van der Waals surface area contributed by atoms with Crippen molar-refractivity contribution >= 4 is 12.7 Å². The molecule has 150 valence electrons. The average Bonchev–Trinajstić information content (AvgIpc) is 2.65. The van der Waals surface area contributed by atoms with Gasteiger partial charge in [0.2, 0.25) is 7.37 Å². The van der Waals surface area contributed by atoms with Crippen LogP contribution in [0.15, 0.2) is 24.3 Å². The molecule has 0 saturated carbocycles. The topological polar surface area (TPSA) is 26.3 Å². The summed E-state index contributed by atoms with van der Waals surface area (Å²) in [5, 5.41) is 0.902. The van der Waals surface area contributed by atoms with Crippen LogP contribution < -0.4 is 5.30 Å². The van der Waals surface area contributed by atoms with Crippen LogP contribution >= 0.6 is 7.37 Å². The molecule has 0 aliphatic carbocycles. The zero-order valence-electron chi connectivity index (χ0n) is 17.5. The van der Waals surface area contributed by atoms with E-state index >= 15 is 0 Å². The molecule has 1 unspecified atom stereocenters. The van der Waals surface area contributed by atoms with Crippen LogP contribution in [0.1, 0.15) is 97.0 Å². The van der Waals surface area contributed by atoms with Gasteiger partial charge in [-0.3, -0.25) is 4.57 Å². The highest BCUT2D eigenvalue weighted by Gasteiger charge is 2.24. The van der Waals surface area contributed by atoms with E-state index in [1.165, 1.54) is 63.4 Å². The molecule has 0 heterocycles. The maximum Gasteiger partial charge on any atom is 0.232 e. The first-order chi connectivity index (χ1) is 12.7. The fraction of sp³-hybridized carbons (Fsp3) is 0.739. The van der Waals surface area contributed by atoms with Crippen LogP contribution in [-0.2, 0) is 15.5 Å². The SMILES string of the molecule is CCCCCCCCCc1ccc(P(=O)(CCCCCC)OCC)cc1. The van der Waals surface area contributed by atoms with E-state index in [-0.39, 0.29) is 0 Å². The van der Waals surface area contributed by atoms with Crippen LogP contribution in [0.4, 0.5) is 0 Å². The van der Waals surface area contributed by atoms with Gasteiger partial charge in [-0.2, -0.15) is 0 Å². The van der Waals surface area contributed by atoms with Crippen molar-refractivity contribution in [1.82, 2.24) is 0 Å². The second-order valence-electron chi connectivity index (χ2n) is 7.41. The highest BCUT2D eigenvalue weighted by Crippen LogP contribution is 2.46. The Kier molecular flexibility index (Phi) is 13.0. The molecule has 0 bridgehead atoms. The lowest BCUT2D eigenvalue weighted by Gasteiger charge is -2.18. The molecular formula is C23H41O2P. The molecule has 1 atom stereocenters. The van der Waals surface area contributed by atoms with Gasteiger partial charge < -0.3 is 4.52 Å². The van der Waals surface area contributed by atoms with Crippen LogP contribution in [0, 0.1) is 0 Å². The number of rotatable bonds is 16. The third-order valence-electron chi connectivity index (χ3n) is 5.04. The van der Waals surface area contributed by atoms with Crippen molar-refractivity contribution in [2.24, 2.45) is 0 Å². The standard InChI is InChI=1S/C23H41O2P/c1-4-7-9-11-12-13-14-16-22-17-19-23(20-18-22)26(24,25-6-3)21-15-10-8-5-2/h17-20H,4-16,21H2,1-3H3. The minimum atomic E-state index is -2.68. The predicted molar refractivity (Wildman–Crippen MR) is 116 cm³/mol. The van der Waals surface area contributed by atoms with E-state index in [9.17, 15) is 4.57 Å². The molecule has 0 aromatic heterocycles. The van der Waals surface area contributed by atoms with Crippen LogP contribution in [0.3, 0.4) is 0 Å². The Balaban J connectivity index is 2.45. The summed E-state index contributed by atoms with van der Waals surface area (Å²) in [4.78, 5) is 0. The van der Waals surface area contributed by atoms with Gasteiger partial charge in [0.05, 0.1) is 6.61 Å². The van der Waals surface area contributed by atoms with Gasteiger partial charge in [0.25, 0.3) is 0 Å². The van der Waals surface area contributed by atoms with Crippen molar-refractivity contribution in [3.8, 4) is 0 Å². The highest BCUT2D eigenvalue weighted by atomic mass is 31.2. The Hall–Kier alpha value is -0.590. The first-order valence-electron chi connectivity index (χ1n) is 11.0. The molecule has 0 aliphatic heterocycles. The number of hydrogen-bond donors (Lipinski definition) is 0. The summed E-state index contributed by atoms with van der Waals surface area (Å²) in [6.45, 7) is 6.92. The summed E-state index contributed by atoms with van der Waals surface area (Å²) in [6, 6.07) is 8.41. The largest absolute Gasteiger partial charge is 0.326 e. The molecule has 1 aromatic carbocycles. The molecule has 0 amide bonds. The highest BCUT2D eigenvalue weighted by molar-refractivity contribution is 7.67. The van der Waals surface area contributed by atoms with Crippen LogP contribution in [-0.4, -0.2) is 12.8 Å². The van der Waals surface area contributed by atoms with Crippen molar-refractivity contribution in [2.75, 3.05) is 12.8 Å². The summed E-state index contributed by atoms with van der Waals surface area (Å²) in [6.07, 6.45) is 15.7. The number of aryl methyl sites for hydroxylation is 1. The zero-order valence-corrected chi connectivity index (χ0v) is 18.4.